The van der Waals surface area contributed by atoms with E-state index in [0.717, 1.165) is 106 Å². The summed E-state index contributed by atoms with van der Waals surface area (Å²) in [5.74, 6) is 0. The van der Waals surface area contributed by atoms with Crippen LogP contribution in [0.15, 0.2) is 249 Å². The van der Waals surface area contributed by atoms with Gasteiger partial charge in [-0.25, -0.2) is 19.9 Å². The normalized spacial score (nSPS) is 11.3. The van der Waals surface area contributed by atoms with Gasteiger partial charge in [0.25, 0.3) is 0 Å². The largest absolute Gasteiger partial charge is 0.310 e. The van der Waals surface area contributed by atoms with Gasteiger partial charge in [-0.05, 0) is 82.2 Å². The lowest BCUT2D eigenvalue weighted by atomic mass is 9.99. The lowest BCUT2D eigenvalue weighted by Gasteiger charge is -2.27. The van der Waals surface area contributed by atoms with E-state index in [4.69, 9.17) is 19.9 Å². The van der Waals surface area contributed by atoms with Crippen molar-refractivity contribution >= 4 is 49.9 Å². The molecule has 0 aliphatic carbocycles. The molecule has 0 atom stereocenters. The fourth-order valence-corrected chi connectivity index (χ4v) is 9.07. The van der Waals surface area contributed by atoms with Gasteiger partial charge in [-0.2, -0.15) is 0 Å². The first kappa shape index (κ1) is 39.5. The van der Waals surface area contributed by atoms with E-state index in [9.17, 15) is 0 Å². The third-order valence-electron chi connectivity index (χ3n) is 12.5. The summed E-state index contributed by atoms with van der Waals surface area (Å²) in [5.41, 5.74) is 18.9. The third-order valence-corrected chi connectivity index (χ3v) is 12.5. The van der Waals surface area contributed by atoms with Crippen molar-refractivity contribution in [3.05, 3.63) is 249 Å². The lowest BCUT2D eigenvalue weighted by molar-refractivity contribution is 1.29. The summed E-state index contributed by atoms with van der Waals surface area (Å²) in [7, 11) is 0. The molecule has 5 nitrogen and oxygen atoms in total. The molecule has 0 unspecified atom stereocenters. The van der Waals surface area contributed by atoms with Crippen LogP contribution in [0.5, 0.6) is 0 Å². The van der Waals surface area contributed by atoms with Gasteiger partial charge in [-0.1, -0.05) is 194 Å². The molecule has 0 N–H and O–H groups in total. The maximum Gasteiger partial charge on any atom is 0.0973 e. The number of rotatable bonds is 9. The summed E-state index contributed by atoms with van der Waals surface area (Å²) < 4.78 is 0. The van der Waals surface area contributed by atoms with Gasteiger partial charge in [0.15, 0.2) is 0 Å². The zero-order valence-corrected chi connectivity index (χ0v) is 36.4. The maximum absolute atomic E-state index is 5.12. The van der Waals surface area contributed by atoms with Crippen LogP contribution in [0.4, 0.5) is 17.1 Å². The topological polar surface area (TPSA) is 54.8 Å². The fraction of sp³-hybridized carbons (Fsp3) is 0. The Kier molecular flexibility index (Phi) is 10.1. The van der Waals surface area contributed by atoms with Crippen LogP contribution in [0.25, 0.3) is 100 Å². The fourth-order valence-electron chi connectivity index (χ4n) is 9.07. The first-order valence-corrected chi connectivity index (χ1v) is 22.5. The van der Waals surface area contributed by atoms with Crippen molar-refractivity contribution in [3.63, 3.8) is 0 Å². The van der Waals surface area contributed by atoms with Gasteiger partial charge < -0.3 is 4.90 Å². The molecule has 5 heteroatoms. The molecule has 12 rings (SSSR count). The molecule has 2 heterocycles. The Morgan fingerprint density at radius 2 is 0.522 bits per heavy atom. The average molecular weight is 856 g/mol. The number of anilines is 3. The molecule has 0 aliphatic heterocycles. The quantitative estimate of drug-likeness (QED) is 0.145. The number of hydrogen-bond donors (Lipinski definition) is 0. The second-order valence-electron chi connectivity index (χ2n) is 16.6. The molecule has 2 aromatic heterocycles. The van der Waals surface area contributed by atoms with Crippen molar-refractivity contribution in [2.24, 2.45) is 0 Å². The van der Waals surface area contributed by atoms with Crippen LogP contribution < -0.4 is 4.90 Å². The predicted molar refractivity (Wildman–Crippen MR) is 277 cm³/mol. The number of nitrogens with zero attached hydrogens (tertiary/aromatic N) is 5. The van der Waals surface area contributed by atoms with Gasteiger partial charge in [0, 0.05) is 39.0 Å². The molecule has 0 fully saturated rings. The van der Waals surface area contributed by atoms with E-state index >= 15 is 0 Å². The van der Waals surface area contributed by atoms with Crippen LogP contribution >= 0.6 is 0 Å². The van der Waals surface area contributed by atoms with Crippen LogP contribution in [-0.4, -0.2) is 19.9 Å². The number of fused-ring (bicyclic) bond motifs is 3. The standard InChI is InChI=1S/C62H41N5/c1-3-15-47(16-4-1)59-61(65-56-23-11-9-21-54(56)63-59)49-30-26-42(27-31-49)44-34-38-51(39-35-44)67(58-25-13-19-46-14-7-8-20-53(46)58)52-40-36-45(37-41-52)43-28-32-50(33-29-43)62-60(48-17-5-2-6-18-48)64-55-22-10-12-24-57(55)66-62/h1-41H. The molecule has 0 radical (unpaired) electrons. The second-order valence-corrected chi connectivity index (χ2v) is 16.6. The molecule has 314 valence electrons. The SMILES string of the molecule is c1ccc(-c2nc3ccccc3nc2-c2ccc(-c3ccc(N(c4ccc(-c5ccc(-c6nc7ccccc7nc6-c6ccccc6)cc5)cc4)c4cccc5ccccc45)cc3)cc2)cc1. The zero-order valence-electron chi connectivity index (χ0n) is 36.4. The van der Waals surface area contributed by atoms with Gasteiger partial charge >= 0.3 is 0 Å². The van der Waals surface area contributed by atoms with Gasteiger partial charge in [-0.15, -0.1) is 0 Å². The van der Waals surface area contributed by atoms with E-state index < -0.39 is 0 Å². The zero-order chi connectivity index (χ0) is 44.5. The number of hydrogen-bond acceptors (Lipinski definition) is 5. The van der Waals surface area contributed by atoms with Crippen molar-refractivity contribution in [2.75, 3.05) is 4.90 Å². The maximum atomic E-state index is 5.12. The minimum atomic E-state index is 0.869. The van der Waals surface area contributed by atoms with Gasteiger partial charge in [0.2, 0.25) is 0 Å². The molecule has 67 heavy (non-hydrogen) atoms. The van der Waals surface area contributed by atoms with Gasteiger partial charge in [0.1, 0.15) is 0 Å². The smallest absolute Gasteiger partial charge is 0.0973 e. The molecule has 10 aromatic carbocycles. The van der Waals surface area contributed by atoms with Crippen molar-refractivity contribution in [3.8, 4) is 67.3 Å². The Hall–Kier alpha value is -9.06. The summed E-state index contributed by atoms with van der Waals surface area (Å²) >= 11 is 0. The summed E-state index contributed by atoms with van der Waals surface area (Å²) in [6.45, 7) is 0. The van der Waals surface area contributed by atoms with E-state index in [1.807, 2.05) is 84.9 Å². The molecule has 0 saturated heterocycles. The highest BCUT2D eigenvalue weighted by Crippen LogP contribution is 2.41. The highest BCUT2D eigenvalue weighted by atomic mass is 15.1. The summed E-state index contributed by atoms with van der Waals surface area (Å²) in [6, 6.07) is 87.0. The highest BCUT2D eigenvalue weighted by Gasteiger charge is 2.18. The van der Waals surface area contributed by atoms with Crippen LogP contribution in [0, 0.1) is 0 Å². The van der Waals surface area contributed by atoms with Crippen molar-refractivity contribution < 1.29 is 0 Å². The van der Waals surface area contributed by atoms with Gasteiger partial charge in [0.05, 0.1) is 50.5 Å². The third kappa shape index (κ3) is 7.64. The molecule has 0 saturated carbocycles. The molecular formula is C62H41N5. The minimum Gasteiger partial charge on any atom is -0.310 e. The highest BCUT2D eigenvalue weighted by molar-refractivity contribution is 5.99. The summed E-state index contributed by atoms with van der Waals surface area (Å²) in [5, 5.41) is 2.37. The molecule has 0 spiro atoms. The Bertz CT molecular complexity index is 3490. The Morgan fingerprint density at radius 3 is 0.925 bits per heavy atom. The number of para-hydroxylation sites is 4. The average Bonchev–Trinajstić information content (AvgIpc) is 3.41. The molecule has 0 bridgehead atoms. The monoisotopic (exact) mass is 855 g/mol. The van der Waals surface area contributed by atoms with Crippen molar-refractivity contribution in [1.29, 1.82) is 0 Å². The second kappa shape index (κ2) is 17.1. The number of aromatic nitrogens is 4. The Balaban J connectivity index is 0.862. The molecule has 0 amide bonds. The van der Waals surface area contributed by atoms with Crippen LogP contribution in [0.2, 0.25) is 0 Å². The van der Waals surface area contributed by atoms with Gasteiger partial charge in [-0.3, -0.25) is 0 Å². The molecule has 0 aliphatic rings. The first-order chi connectivity index (χ1) is 33.2. The number of benzene rings is 10. The van der Waals surface area contributed by atoms with E-state index in [1.54, 1.807) is 0 Å². The first-order valence-electron chi connectivity index (χ1n) is 22.5. The lowest BCUT2D eigenvalue weighted by Crippen LogP contribution is -2.10. The van der Waals surface area contributed by atoms with E-state index in [2.05, 4.69) is 169 Å². The summed E-state index contributed by atoms with van der Waals surface area (Å²) in [4.78, 5) is 22.8. The minimum absolute atomic E-state index is 0.869. The van der Waals surface area contributed by atoms with Crippen LogP contribution in [0.3, 0.4) is 0 Å². The van der Waals surface area contributed by atoms with E-state index in [1.165, 1.54) is 10.8 Å². The Labute approximate surface area is 389 Å². The van der Waals surface area contributed by atoms with Crippen molar-refractivity contribution in [1.82, 2.24) is 19.9 Å². The van der Waals surface area contributed by atoms with Crippen LogP contribution in [0.1, 0.15) is 0 Å². The summed E-state index contributed by atoms with van der Waals surface area (Å²) in [6.07, 6.45) is 0. The predicted octanol–water partition coefficient (Wildman–Crippen LogP) is 16.2. The molecule has 12 aromatic rings. The van der Waals surface area contributed by atoms with E-state index in [0.29, 0.717) is 0 Å². The van der Waals surface area contributed by atoms with Crippen molar-refractivity contribution in [2.45, 2.75) is 0 Å². The van der Waals surface area contributed by atoms with Crippen LogP contribution in [-0.2, 0) is 0 Å². The Morgan fingerprint density at radius 1 is 0.224 bits per heavy atom. The van der Waals surface area contributed by atoms with E-state index in [-0.39, 0.29) is 0 Å². The molecular weight excluding hydrogens is 815 g/mol.